The molecule has 1 atom stereocenters. The topological polar surface area (TPSA) is 73.5 Å². The van der Waals surface area contributed by atoms with Crippen molar-refractivity contribution in [2.75, 3.05) is 26.7 Å². The molecule has 2 rings (SSSR count). The van der Waals surface area contributed by atoms with Gasteiger partial charge >= 0.3 is 0 Å². The van der Waals surface area contributed by atoms with Gasteiger partial charge in [-0.1, -0.05) is 6.07 Å². The summed E-state index contributed by atoms with van der Waals surface area (Å²) in [5.74, 6) is -0.473. The van der Waals surface area contributed by atoms with Crippen molar-refractivity contribution in [2.24, 2.45) is 0 Å². The fourth-order valence-electron chi connectivity index (χ4n) is 2.43. The van der Waals surface area contributed by atoms with Crippen LogP contribution in [-0.4, -0.2) is 49.4 Å². The monoisotopic (exact) mass is 310 g/mol. The van der Waals surface area contributed by atoms with Crippen LogP contribution >= 0.6 is 11.3 Å². The van der Waals surface area contributed by atoms with Crippen molar-refractivity contribution in [2.45, 2.75) is 25.3 Å². The average molecular weight is 310 g/mol. The first-order chi connectivity index (χ1) is 10.2. The second-order valence-electron chi connectivity index (χ2n) is 5.23. The fourth-order valence-corrected chi connectivity index (χ4v) is 3.05. The molecule has 116 valence electrons. The molecule has 1 aliphatic rings. The Kier molecular flexibility index (Phi) is 6.16. The van der Waals surface area contributed by atoms with Gasteiger partial charge in [-0.2, -0.15) is 0 Å². The Morgan fingerprint density at radius 1 is 1.38 bits per heavy atom. The molecule has 21 heavy (non-hydrogen) atoms. The van der Waals surface area contributed by atoms with E-state index in [4.69, 9.17) is 0 Å². The van der Waals surface area contributed by atoms with Gasteiger partial charge in [-0.15, -0.1) is 11.3 Å². The minimum atomic E-state index is -0.278. The Balaban J connectivity index is 1.72. The van der Waals surface area contributed by atoms with E-state index in [-0.39, 0.29) is 18.4 Å². The van der Waals surface area contributed by atoms with Gasteiger partial charge in [0.2, 0.25) is 0 Å². The quantitative estimate of drug-likeness (QED) is 0.712. The molecular formula is C14H22N4O2S. The number of hydrogen-bond acceptors (Lipinski definition) is 5. The predicted molar refractivity (Wildman–Crippen MR) is 83.1 cm³/mol. The first-order valence-corrected chi connectivity index (χ1v) is 8.08. The first kappa shape index (κ1) is 15.9. The van der Waals surface area contributed by atoms with Gasteiger partial charge in [0.1, 0.15) is 0 Å². The van der Waals surface area contributed by atoms with Crippen molar-refractivity contribution in [3.8, 4) is 0 Å². The van der Waals surface area contributed by atoms with Crippen LogP contribution in [0.15, 0.2) is 17.5 Å². The Bertz CT molecular complexity index is 456. The number of nitrogens with zero attached hydrogens (tertiary/aromatic N) is 1. The van der Waals surface area contributed by atoms with Crippen molar-refractivity contribution in [1.29, 1.82) is 0 Å². The second kappa shape index (κ2) is 8.11. The van der Waals surface area contributed by atoms with Gasteiger partial charge < -0.3 is 5.32 Å². The third-order valence-corrected chi connectivity index (χ3v) is 4.49. The summed E-state index contributed by atoms with van der Waals surface area (Å²) in [6.45, 7) is 2.33. The van der Waals surface area contributed by atoms with E-state index in [1.807, 2.05) is 12.4 Å². The van der Waals surface area contributed by atoms with E-state index in [1.54, 1.807) is 12.1 Å². The van der Waals surface area contributed by atoms with E-state index < -0.39 is 0 Å². The molecular weight excluding hydrogens is 288 g/mol. The van der Waals surface area contributed by atoms with Crippen molar-refractivity contribution in [1.82, 2.24) is 21.1 Å². The zero-order valence-electron chi connectivity index (χ0n) is 12.2. The molecule has 6 nitrogen and oxygen atoms in total. The summed E-state index contributed by atoms with van der Waals surface area (Å²) in [6.07, 6.45) is 3.27. The van der Waals surface area contributed by atoms with Crippen molar-refractivity contribution < 1.29 is 9.59 Å². The molecule has 7 heteroatoms. The summed E-state index contributed by atoms with van der Waals surface area (Å²) in [7, 11) is 1.96. The lowest BCUT2D eigenvalue weighted by Crippen LogP contribution is -2.47. The number of hydrazine groups is 1. The van der Waals surface area contributed by atoms with Crippen LogP contribution in [0.1, 0.15) is 28.9 Å². The number of amides is 2. The van der Waals surface area contributed by atoms with Gasteiger partial charge in [-0.05, 0) is 50.8 Å². The third-order valence-electron chi connectivity index (χ3n) is 3.62. The minimum Gasteiger partial charge on any atom is -0.317 e. The second-order valence-corrected chi connectivity index (χ2v) is 6.18. The normalized spacial score (nSPS) is 19.0. The lowest BCUT2D eigenvalue weighted by atomic mass is 10.1. The van der Waals surface area contributed by atoms with E-state index in [9.17, 15) is 9.59 Å². The van der Waals surface area contributed by atoms with E-state index in [1.165, 1.54) is 11.3 Å². The first-order valence-electron chi connectivity index (χ1n) is 7.20. The number of thiophene rings is 1. The lowest BCUT2D eigenvalue weighted by Gasteiger charge is -2.26. The maximum absolute atomic E-state index is 11.9. The molecule has 1 aromatic rings. The van der Waals surface area contributed by atoms with E-state index in [0.717, 1.165) is 32.4 Å². The largest absolute Gasteiger partial charge is 0.317 e. The number of likely N-dealkylation sites (N-methyl/N-ethyl adjacent to an activating group) is 1. The predicted octanol–water partition coefficient (Wildman–Crippen LogP) is 0.583. The van der Waals surface area contributed by atoms with Gasteiger partial charge in [0.05, 0.1) is 11.4 Å². The summed E-state index contributed by atoms with van der Waals surface area (Å²) in [5.41, 5.74) is 4.91. The van der Waals surface area contributed by atoms with Crippen LogP contribution in [0.4, 0.5) is 0 Å². The molecule has 0 radical (unpaired) electrons. The molecule has 0 bridgehead atoms. The van der Waals surface area contributed by atoms with Gasteiger partial charge in [-0.3, -0.25) is 25.3 Å². The van der Waals surface area contributed by atoms with Crippen molar-refractivity contribution >= 4 is 23.2 Å². The molecule has 2 heterocycles. The highest BCUT2D eigenvalue weighted by molar-refractivity contribution is 7.12. The van der Waals surface area contributed by atoms with Gasteiger partial charge in [0, 0.05) is 6.04 Å². The average Bonchev–Trinajstić information content (AvgIpc) is 2.87. The van der Waals surface area contributed by atoms with Gasteiger partial charge in [0.15, 0.2) is 0 Å². The maximum Gasteiger partial charge on any atom is 0.279 e. The minimum absolute atomic E-state index is 0.195. The Hall–Kier alpha value is -1.44. The number of carbonyl (C=O) groups is 2. The molecule has 0 aromatic carbocycles. The zero-order chi connectivity index (χ0) is 15.1. The molecule has 0 saturated carbocycles. The SMILES string of the molecule is CN(CC(=O)NNC(=O)c1cccs1)C1CCCNCC1. The summed E-state index contributed by atoms with van der Waals surface area (Å²) in [5, 5.41) is 5.18. The fraction of sp³-hybridized carbons (Fsp3) is 0.571. The van der Waals surface area contributed by atoms with E-state index in [0.29, 0.717) is 10.9 Å². The molecule has 0 spiro atoms. The molecule has 2 amide bonds. The van der Waals surface area contributed by atoms with Gasteiger partial charge in [0.25, 0.3) is 11.8 Å². The van der Waals surface area contributed by atoms with Crippen LogP contribution in [0.2, 0.25) is 0 Å². The highest BCUT2D eigenvalue weighted by Gasteiger charge is 2.19. The van der Waals surface area contributed by atoms with E-state index >= 15 is 0 Å². The summed E-state index contributed by atoms with van der Waals surface area (Å²) < 4.78 is 0. The molecule has 1 unspecified atom stereocenters. The van der Waals surface area contributed by atoms with Crippen LogP contribution in [-0.2, 0) is 4.79 Å². The Labute approximate surface area is 128 Å². The third kappa shape index (κ3) is 5.11. The molecule has 1 aliphatic heterocycles. The summed E-state index contributed by atoms with van der Waals surface area (Å²) in [6, 6.07) is 3.94. The number of nitrogens with one attached hydrogen (secondary N) is 3. The van der Waals surface area contributed by atoms with Crippen LogP contribution in [0.5, 0.6) is 0 Å². The molecule has 3 N–H and O–H groups in total. The number of rotatable bonds is 4. The van der Waals surface area contributed by atoms with Crippen LogP contribution in [0.25, 0.3) is 0 Å². The van der Waals surface area contributed by atoms with Crippen molar-refractivity contribution in [3.05, 3.63) is 22.4 Å². The van der Waals surface area contributed by atoms with Crippen molar-refractivity contribution in [3.63, 3.8) is 0 Å². The maximum atomic E-state index is 11.9. The Morgan fingerprint density at radius 3 is 3.00 bits per heavy atom. The Morgan fingerprint density at radius 2 is 2.24 bits per heavy atom. The number of carbonyl (C=O) groups excluding carboxylic acids is 2. The van der Waals surface area contributed by atoms with Gasteiger partial charge in [-0.25, -0.2) is 0 Å². The summed E-state index contributed by atoms with van der Waals surface area (Å²) in [4.78, 5) is 26.2. The van der Waals surface area contributed by atoms with Crippen LogP contribution < -0.4 is 16.2 Å². The lowest BCUT2D eigenvalue weighted by molar-refractivity contribution is -0.123. The highest BCUT2D eigenvalue weighted by Crippen LogP contribution is 2.11. The molecule has 0 aliphatic carbocycles. The number of hydrogen-bond donors (Lipinski definition) is 3. The highest BCUT2D eigenvalue weighted by atomic mass is 32.1. The standard InChI is InChI=1S/C14H22N4O2S/c1-18(11-4-2-7-15-8-6-11)10-13(19)16-17-14(20)12-5-3-9-21-12/h3,5,9,11,15H,2,4,6-8,10H2,1H3,(H,16,19)(H,17,20). The van der Waals surface area contributed by atoms with Crippen LogP contribution in [0, 0.1) is 0 Å². The van der Waals surface area contributed by atoms with E-state index in [2.05, 4.69) is 21.1 Å². The molecule has 1 aromatic heterocycles. The van der Waals surface area contributed by atoms with Crippen LogP contribution in [0.3, 0.4) is 0 Å². The summed E-state index contributed by atoms with van der Waals surface area (Å²) >= 11 is 1.34. The molecule has 1 fully saturated rings. The smallest absolute Gasteiger partial charge is 0.279 e. The zero-order valence-corrected chi connectivity index (χ0v) is 13.0. The molecule has 1 saturated heterocycles.